The molecule has 94 valence electrons. The summed E-state index contributed by atoms with van der Waals surface area (Å²) in [6.07, 6.45) is 1.91. The number of hydrogen-bond acceptors (Lipinski definition) is 3. The summed E-state index contributed by atoms with van der Waals surface area (Å²) in [5.74, 6) is -0.104. The van der Waals surface area contributed by atoms with Gasteiger partial charge in [-0.2, -0.15) is 5.10 Å². The van der Waals surface area contributed by atoms with Gasteiger partial charge in [-0.15, -0.1) is 11.8 Å². The Morgan fingerprint density at radius 2 is 2.22 bits per heavy atom. The van der Waals surface area contributed by atoms with Gasteiger partial charge in [-0.1, -0.05) is 0 Å². The third-order valence-corrected chi connectivity index (χ3v) is 3.78. The molecular weight excluding hydrogens is 248 g/mol. The Bertz CT molecular complexity index is 578. The minimum atomic E-state index is -0.889. The van der Waals surface area contributed by atoms with Gasteiger partial charge < -0.3 is 5.11 Å². The van der Waals surface area contributed by atoms with Crippen LogP contribution in [0, 0.1) is 6.92 Å². The zero-order valence-electron chi connectivity index (χ0n) is 10.3. The fraction of sp³-hybridized carbons (Fsp3) is 0.231. The molecule has 0 saturated carbocycles. The second-order valence-corrected chi connectivity index (χ2v) is 5.07. The van der Waals surface area contributed by atoms with Gasteiger partial charge in [-0.05, 0) is 36.8 Å². The smallest absolute Gasteiger partial charge is 0.335 e. The van der Waals surface area contributed by atoms with Gasteiger partial charge in [0.25, 0.3) is 0 Å². The van der Waals surface area contributed by atoms with E-state index in [-0.39, 0.29) is 0 Å². The first-order valence-corrected chi connectivity index (χ1v) is 6.50. The summed E-state index contributed by atoms with van der Waals surface area (Å²) in [5, 5.41) is 13.2. The molecule has 1 heterocycles. The van der Waals surface area contributed by atoms with Crippen molar-refractivity contribution in [3.8, 4) is 0 Å². The minimum absolute atomic E-state index is 0.328. The van der Waals surface area contributed by atoms with E-state index < -0.39 is 5.97 Å². The first-order chi connectivity index (χ1) is 8.56. The zero-order chi connectivity index (χ0) is 13.1. The highest BCUT2D eigenvalue weighted by molar-refractivity contribution is 7.98. The van der Waals surface area contributed by atoms with E-state index in [0.717, 1.165) is 21.9 Å². The standard InChI is InChI=1S/C13H14N2O2S/c1-9-7-10(13(16)17)3-4-12(9)18-8-11-5-6-15(2)14-11/h3-7H,8H2,1-2H3,(H,16,17). The van der Waals surface area contributed by atoms with E-state index in [1.54, 1.807) is 28.6 Å². The predicted octanol–water partition coefficient (Wildman–Crippen LogP) is 2.72. The van der Waals surface area contributed by atoms with Crippen LogP contribution in [0.3, 0.4) is 0 Å². The van der Waals surface area contributed by atoms with Gasteiger partial charge in [-0.3, -0.25) is 4.68 Å². The number of hydrogen-bond donors (Lipinski definition) is 1. The molecule has 5 heteroatoms. The summed E-state index contributed by atoms with van der Waals surface area (Å²) in [5.41, 5.74) is 2.33. The fourth-order valence-corrected chi connectivity index (χ4v) is 2.54. The van der Waals surface area contributed by atoms with Crippen molar-refractivity contribution in [1.82, 2.24) is 9.78 Å². The number of aryl methyl sites for hydroxylation is 2. The number of nitrogens with zero attached hydrogens (tertiary/aromatic N) is 2. The van der Waals surface area contributed by atoms with Gasteiger partial charge in [0.2, 0.25) is 0 Å². The van der Waals surface area contributed by atoms with Gasteiger partial charge in [-0.25, -0.2) is 4.79 Å². The number of rotatable bonds is 4. The van der Waals surface area contributed by atoms with Crippen LogP contribution in [0.1, 0.15) is 21.6 Å². The minimum Gasteiger partial charge on any atom is -0.478 e. The molecule has 1 N–H and O–H groups in total. The second-order valence-electron chi connectivity index (χ2n) is 4.05. The summed E-state index contributed by atoms with van der Waals surface area (Å²) in [4.78, 5) is 11.9. The molecule has 4 nitrogen and oxygen atoms in total. The summed E-state index contributed by atoms with van der Waals surface area (Å²) in [6.45, 7) is 1.92. The summed E-state index contributed by atoms with van der Waals surface area (Å²) < 4.78 is 1.77. The lowest BCUT2D eigenvalue weighted by Crippen LogP contribution is -1.97. The normalized spacial score (nSPS) is 10.6. The van der Waals surface area contributed by atoms with E-state index in [2.05, 4.69) is 5.10 Å². The van der Waals surface area contributed by atoms with Crippen LogP contribution in [-0.4, -0.2) is 20.9 Å². The summed E-state index contributed by atoms with van der Waals surface area (Å²) in [6, 6.07) is 7.17. The molecule has 0 unspecified atom stereocenters. The number of thioether (sulfide) groups is 1. The van der Waals surface area contributed by atoms with Crippen molar-refractivity contribution in [3.05, 3.63) is 47.3 Å². The van der Waals surface area contributed by atoms with E-state index >= 15 is 0 Å². The van der Waals surface area contributed by atoms with Crippen LogP contribution in [0.25, 0.3) is 0 Å². The van der Waals surface area contributed by atoms with E-state index in [1.165, 1.54) is 0 Å². The largest absolute Gasteiger partial charge is 0.478 e. The fourth-order valence-electron chi connectivity index (χ4n) is 1.64. The van der Waals surface area contributed by atoms with E-state index in [9.17, 15) is 4.79 Å². The van der Waals surface area contributed by atoms with Crippen molar-refractivity contribution in [2.24, 2.45) is 7.05 Å². The average molecular weight is 262 g/mol. The van der Waals surface area contributed by atoms with Crippen LogP contribution < -0.4 is 0 Å². The second kappa shape index (κ2) is 5.27. The molecule has 2 aromatic rings. The number of carboxylic acid groups (broad SMARTS) is 1. The average Bonchev–Trinajstić information content (AvgIpc) is 2.73. The van der Waals surface area contributed by atoms with Gasteiger partial charge in [0.05, 0.1) is 11.3 Å². The van der Waals surface area contributed by atoms with Crippen LogP contribution in [-0.2, 0) is 12.8 Å². The molecule has 0 aliphatic heterocycles. The van der Waals surface area contributed by atoms with Crippen LogP contribution in [0.5, 0.6) is 0 Å². The van der Waals surface area contributed by atoms with Crippen LogP contribution in [0.2, 0.25) is 0 Å². The number of aromatic nitrogens is 2. The maximum Gasteiger partial charge on any atom is 0.335 e. The van der Waals surface area contributed by atoms with Gasteiger partial charge in [0.1, 0.15) is 0 Å². The van der Waals surface area contributed by atoms with Gasteiger partial charge in [0.15, 0.2) is 0 Å². The maximum atomic E-state index is 10.8. The van der Waals surface area contributed by atoms with Gasteiger partial charge in [0, 0.05) is 23.9 Å². The van der Waals surface area contributed by atoms with Crippen LogP contribution in [0.15, 0.2) is 35.4 Å². The molecule has 0 amide bonds. The van der Waals surface area contributed by atoms with Crippen molar-refractivity contribution in [3.63, 3.8) is 0 Å². The number of carboxylic acids is 1. The Kier molecular flexibility index (Phi) is 3.72. The third-order valence-electron chi connectivity index (χ3n) is 2.57. The zero-order valence-corrected chi connectivity index (χ0v) is 11.1. The molecule has 2 rings (SSSR count). The van der Waals surface area contributed by atoms with Gasteiger partial charge >= 0.3 is 5.97 Å². The lowest BCUT2D eigenvalue weighted by molar-refractivity contribution is 0.0696. The van der Waals surface area contributed by atoms with Crippen molar-refractivity contribution in [2.75, 3.05) is 0 Å². The summed E-state index contributed by atoms with van der Waals surface area (Å²) in [7, 11) is 1.89. The molecule has 0 fully saturated rings. The molecule has 0 aliphatic rings. The maximum absolute atomic E-state index is 10.8. The highest BCUT2D eigenvalue weighted by atomic mass is 32.2. The topological polar surface area (TPSA) is 55.1 Å². The molecule has 0 aliphatic carbocycles. The molecule has 0 atom stereocenters. The molecular formula is C13H14N2O2S. The van der Waals surface area contributed by atoms with Crippen molar-refractivity contribution < 1.29 is 9.90 Å². The molecule has 0 spiro atoms. The Hall–Kier alpha value is -1.75. The van der Waals surface area contributed by atoms with E-state index in [0.29, 0.717) is 5.56 Å². The monoisotopic (exact) mass is 262 g/mol. The Morgan fingerprint density at radius 3 is 2.78 bits per heavy atom. The summed E-state index contributed by atoms with van der Waals surface area (Å²) >= 11 is 1.67. The number of aromatic carboxylic acids is 1. The molecule has 0 radical (unpaired) electrons. The van der Waals surface area contributed by atoms with E-state index in [4.69, 9.17) is 5.11 Å². The quantitative estimate of drug-likeness (QED) is 0.861. The van der Waals surface area contributed by atoms with E-state index in [1.807, 2.05) is 32.3 Å². The molecule has 0 bridgehead atoms. The molecule has 0 saturated heterocycles. The highest BCUT2D eigenvalue weighted by Crippen LogP contribution is 2.26. The first kappa shape index (κ1) is 12.7. The number of carbonyl (C=O) groups is 1. The molecule has 18 heavy (non-hydrogen) atoms. The first-order valence-electron chi connectivity index (χ1n) is 5.51. The van der Waals surface area contributed by atoms with Crippen molar-refractivity contribution >= 4 is 17.7 Å². The van der Waals surface area contributed by atoms with Crippen molar-refractivity contribution in [2.45, 2.75) is 17.6 Å². The lowest BCUT2D eigenvalue weighted by atomic mass is 10.1. The molecule has 1 aromatic carbocycles. The third kappa shape index (κ3) is 2.92. The Labute approximate surface area is 110 Å². The number of benzene rings is 1. The Morgan fingerprint density at radius 1 is 1.44 bits per heavy atom. The highest BCUT2D eigenvalue weighted by Gasteiger charge is 2.07. The molecule has 1 aromatic heterocycles. The van der Waals surface area contributed by atoms with Crippen molar-refractivity contribution in [1.29, 1.82) is 0 Å². The SMILES string of the molecule is Cc1cc(C(=O)O)ccc1SCc1ccn(C)n1. The predicted molar refractivity (Wildman–Crippen MR) is 70.9 cm³/mol. The van der Waals surface area contributed by atoms with Crippen LogP contribution >= 0.6 is 11.8 Å². The lowest BCUT2D eigenvalue weighted by Gasteiger charge is -2.05. The Balaban J connectivity index is 2.08. The van der Waals surface area contributed by atoms with Crippen LogP contribution in [0.4, 0.5) is 0 Å².